The Bertz CT molecular complexity index is 1790. The highest BCUT2D eigenvalue weighted by atomic mass is 32.2. The fraction of sp³-hybridized carbons (Fsp3) is 0.233. The largest absolute Gasteiger partial charge is 0.494 e. The summed E-state index contributed by atoms with van der Waals surface area (Å²) in [5.74, 6) is 1.29. The van der Waals surface area contributed by atoms with E-state index < -0.39 is 21.4 Å². The molecule has 2 unspecified atom stereocenters. The third-order valence-electron chi connectivity index (χ3n) is 6.86. The van der Waals surface area contributed by atoms with Crippen LogP contribution in [-0.2, 0) is 14.8 Å². The van der Waals surface area contributed by atoms with Crippen LogP contribution >= 0.6 is 0 Å². The van der Waals surface area contributed by atoms with Crippen LogP contribution in [0.15, 0.2) is 79.4 Å². The number of para-hydroxylation sites is 1. The lowest BCUT2D eigenvalue weighted by molar-refractivity contribution is 0.0950. The van der Waals surface area contributed by atoms with Gasteiger partial charge in [-0.25, -0.2) is 18.4 Å². The fourth-order valence-corrected chi connectivity index (χ4v) is 5.76. The number of aryl methyl sites for hydroxylation is 1. The monoisotopic (exact) mass is 601 g/mol. The lowest BCUT2D eigenvalue weighted by Crippen LogP contribution is -2.33. The van der Waals surface area contributed by atoms with Crippen molar-refractivity contribution in [3.05, 3.63) is 90.8 Å². The van der Waals surface area contributed by atoms with E-state index in [0.717, 1.165) is 16.7 Å². The Morgan fingerprint density at radius 1 is 0.814 bits per heavy atom. The molecule has 12 nitrogen and oxygen atoms in total. The van der Waals surface area contributed by atoms with Gasteiger partial charge in [0.1, 0.15) is 28.5 Å². The Kier molecular flexibility index (Phi) is 8.64. The second-order valence-corrected chi connectivity index (χ2v) is 11.7. The fourth-order valence-electron chi connectivity index (χ4n) is 4.63. The number of anilines is 1. The second-order valence-electron chi connectivity index (χ2n) is 9.65. The topological polar surface area (TPSA) is 143 Å². The minimum absolute atomic E-state index is 0.0821. The van der Waals surface area contributed by atoms with Gasteiger partial charge in [0.2, 0.25) is 16.0 Å². The maximum atomic E-state index is 13.9. The Balaban J connectivity index is 1.54. The number of benzene rings is 2. The van der Waals surface area contributed by atoms with Gasteiger partial charge >= 0.3 is 0 Å². The number of ether oxygens (including phenoxy) is 3. The van der Waals surface area contributed by atoms with Crippen molar-refractivity contribution in [2.24, 2.45) is 0 Å². The molecule has 2 atom stereocenters. The van der Waals surface area contributed by atoms with Gasteiger partial charge in [0.05, 0.1) is 14.2 Å². The van der Waals surface area contributed by atoms with Crippen LogP contribution in [0.2, 0.25) is 0 Å². The van der Waals surface area contributed by atoms with Crippen molar-refractivity contribution in [3.63, 3.8) is 0 Å². The maximum absolute atomic E-state index is 13.9. The third kappa shape index (κ3) is 6.03. The highest BCUT2D eigenvalue weighted by Crippen LogP contribution is 2.38. The Hall–Kier alpha value is -4.88. The van der Waals surface area contributed by atoms with Crippen molar-refractivity contribution >= 4 is 16.0 Å². The molecule has 5 aromatic rings. The van der Waals surface area contributed by atoms with E-state index in [1.165, 1.54) is 32.8 Å². The predicted molar refractivity (Wildman–Crippen MR) is 162 cm³/mol. The molecule has 0 bridgehead atoms. The summed E-state index contributed by atoms with van der Waals surface area (Å²) in [6.07, 6.45) is 5.62. The van der Waals surface area contributed by atoms with Gasteiger partial charge in [0.25, 0.3) is 0 Å². The Morgan fingerprint density at radius 2 is 1.49 bits per heavy atom. The SMILES string of the molecule is COc1cccc(OC)c1-n1c(NS(=O)(=O)C(C)C(OC)c2ncc(-c3ccccc3)cn2)nnc1-c1cncc(C)c1. The molecule has 0 fully saturated rings. The minimum atomic E-state index is -4.16. The van der Waals surface area contributed by atoms with E-state index in [4.69, 9.17) is 14.2 Å². The van der Waals surface area contributed by atoms with Crippen LogP contribution in [-0.4, -0.2) is 64.7 Å². The van der Waals surface area contributed by atoms with Crippen LogP contribution in [0.1, 0.15) is 24.4 Å². The molecule has 43 heavy (non-hydrogen) atoms. The summed E-state index contributed by atoms with van der Waals surface area (Å²) in [6.45, 7) is 3.41. The van der Waals surface area contributed by atoms with E-state index in [1.54, 1.807) is 43.0 Å². The van der Waals surface area contributed by atoms with Gasteiger partial charge in [0, 0.05) is 43.0 Å². The number of hydrogen-bond acceptors (Lipinski definition) is 10. The molecule has 3 aromatic heterocycles. The van der Waals surface area contributed by atoms with Gasteiger partial charge in [-0.15, -0.1) is 10.2 Å². The Labute approximate surface area is 249 Å². The van der Waals surface area contributed by atoms with Crippen molar-refractivity contribution in [2.45, 2.75) is 25.2 Å². The lowest BCUT2D eigenvalue weighted by Gasteiger charge is -2.23. The molecule has 0 aliphatic carbocycles. The summed E-state index contributed by atoms with van der Waals surface area (Å²) in [5.41, 5.74) is 3.64. The molecular weight excluding hydrogens is 570 g/mol. The third-order valence-corrected chi connectivity index (χ3v) is 8.55. The number of nitrogens with one attached hydrogen (secondary N) is 1. The Morgan fingerprint density at radius 3 is 2.09 bits per heavy atom. The van der Waals surface area contributed by atoms with Gasteiger partial charge in [-0.3, -0.25) is 14.3 Å². The standard InChI is InChI=1S/C30H31N7O5S/c1-19-14-22(16-31-15-19)29-34-35-30(37(29)26-24(40-3)12-9-13-25(26)41-4)36-43(38,39)20(2)27(42-5)28-32-17-23(18-33-28)21-10-7-6-8-11-21/h6-18,20,27H,1-5H3,(H,35,36). The molecule has 0 radical (unpaired) electrons. The molecule has 0 spiro atoms. The molecule has 3 heterocycles. The first-order chi connectivity index (χ1) is 20.8. The van der Waals surface area contributed by atoms with Gasteiger partial charge in [-0.2, -0.15) is 0 Å². The second kappa shape index (κ2) is 12.5. The number of pyridine rings is 1. The van der Waals surface area contributed by atoms with Crippen LogP contribution in [0.5, 0.6) is 11.5 Å². The van der Waals surface area contributed by atoms with E-state index in [2.05, 4.69) is 29.9 Å². The van der Waals surface area contributed by atoms with Crippen LogP contribution in [0, 0.1) is 6.92 Å². The number of nitrogens with zero attached hydrogens (tertiary/aromatic N) is 6. The van der Waals surface area contributed by atoms with Crippen LogP contribution in [0.4, 0.5) is 5.95 Å². The summed E-state index contributed by atoms with van der Waals surface area (Å²) in [7, 11) is 0.273. The molecule has 13 heteroatoms. The van der Waals surface area contributed by atoms with Crippen molar-refractivity contribution in [2.75, 3.05) is 26.1 Å². The van der Waals surface area contributed by atoms with Gasteiger partial charge in [-0.05, 0) is 43.2 Å². The number of aromatic nitrogens is 6. The predicted octanol–water partition coefficient (Wildman–Crippen LogP) is 4.63. The van der Waals surface area contributed by atoms with Crippen LogP contribution in [0.3, 0.4) is 0 Å². The van der Waals surface area contributed by atoms with E-state index >= 15 is 0 Å². The molecule has 0 saturated heterocycles. The molecule has 5 rings (SSSR count). The average molecular weight is 602 g/mol. The number of sulfonamides is 1. The summed E-state index contributed by atoms with van der Waals surface area (Å²) in [4.78, 5) is 13.1. The highest BCUT2D eigenvalue weighted by Gasteiger charge is 2.35. The van der Waals surface area contributed by atoms with Crippen LogP contribution < -0.4 is 14.2 Å². The van der Waals surface area contributed by atoms with Crippen molar-refractivity contribution in [1.82, 2.24) is 29.7 Å². The highest BCUT2D eigenvalue weighted by molar-refractivity contribution is 7.93. The summed E-state index contributed by atoms with van der Waals surface area (Å²) >= 11 is 0. The molecule has 2 aromatic carbocycles. The molecule has 0 saturated carbocycles. The van der Waals surface area contributed by atoms with Crippen molar-refractivity contribution in [1.29, 1.82) is 0 Å². The van der Waals surface area contributed by atoms with Gasteiger partial charge < -0.3 is 14.2 Å². The number of hydrogen-bond donors (Lipinski definition) is 1. The van der Waals surface area contributed by atoms with E-state index in [9.17, 15) is 8.42 Å². The molecule has 1 N–H and O–H groups in total. The van der Waals surface area contributed by atoms with E-state index in [1.807, 2.05) is 43.3 Å². The summed E-state index contributed by atoms with van der Waals surface area (Å²) in [5, 5.41) is 7.44. The van der Waals surface area contributed by atoms with Gasteiger partial charge in [-0.1, -0.05) is 36.4 Å². The normalized spacial score (nSPS) is 12.9. The number of rotatable bonds is 11. The first-order valence-corrected chi connectivity index (χ1v) is 14.8. The summed E-state index contributed by atoms with van der Waals surface area (Å²) < 4.78 is 48.7. The van der Waals surface area contributed by atoms with Crippen molar-refractivity contribution < 1.29 is 22.6 Å². The quantitative estimate of drug-likeness (QED) is 0.228. The molecule has 0 amide bonds. The average Bonchev–Trinajstić information content (AvgIpc) is 3.43. The lowest BCUT2D eigenvalue weighted by atomic mass is 10.1. The van der Waals surface area contributed by atoms with Gasteiger partial charge in [0.15, 0.2) is 11.6 Å². The first kappa shape index (κ1) is 29.6. The minimum Gasteiger partial charge on any atom is -0.494 e. The van der Waals surface area contributed by atoms with E-state index in [0.29, 0.717) is 28.6 Å². The maximum Gasteiger partial charge on any atom is 0.243 e. The molecule has 222 valence electrons. The van der Waals surface area contributed by atoms with E-state index in [-0.39, 0.29) is 11.8 Å². The zero-order valence-corrected chi connectivity index (χ0v) is 25.1. The zero-order valence-electron chi connectivity index (χ0n) is 24.3. The van der Waals surface area contributed by atoms with Crippen molar-refractivity contribution in [3.8, 4) is 39.7 Å². The first-order valence-electron chi connectivity index (χ1n) is 13.3. The molecule has 0 aliphatic heterocycles. The van der Waals surface area contributed by atoms with Crippen LogP contribution in [0.25, 0.3) is 28.2 Å². The zero-order chi connectivity index (χ0) is 30.6. The molecular formula is C30H31N7O5S. The number of methoxy groups -OCH3 is 3. The molecule has 0 aliphatic rings. The smallest absolute Gasteiger partial charge is 0.243 e. The summed E-state index contributed by atoms with van der Waals surface area (Å²) in [6, 6.07) is 16.7.